The summed E-state index contributed by atoms with van der Waals surface area (Å²) < 4.78 is 48.4. The number of benzene rings is 2. The van der Waals surface area contributed by atoms with Crippen molar-refractivity contribution < 1.29 is 32.2 Å². The second-order valence-corrected chi connectivity index (χ2v) is 7.06. The fourth-order valence-corrected chi connectivity index (χ4v) is 2.28. The van der Waals surface area contributed by atoms with E-state index in [0.29, 0.717) is 0 Å². The maximum atomic E-state index is 14.0. The molecule has 0 aliphatic carbocycles. The molecule has 6 nitrogen and oxygen atoms in total. The molecule has 0 aliphatic heterocycles. The molecule has 160 valence electrons. The quantitative estimate of drug-likeness (QED) is 0.609. The number of nitrogens with one attached hydrogen (secondary N) is 2. The summed E-state index contributed by atoms with van der Waals surface area (Å²) in [5.74, 6) is -1.55. The third kappa shape index (κ3) is 7.50. The van der Waals surface area contributed by atoms with Crippen molar-refractivity contribution in [2.24, 2.45) is 0 Å². The summed E-state index contributed by atoms with van der Waals surface area (Å²) in [5, 5.41) is 4.76. The number of halogens is 3. The van der Waals surface area contributed by atoms with E-state index in [4.69, 9.17) is 4.74 Å². The van der Waals surface area contributed by atoms with Crippen molar-refractivity contribution in [2.45, 2.75) is 33.0 Å². The summed E-state index contributed by atoms with van der Waals surface area (Å²) in [6.07, 6.45) is 1.57. The van der Waals surface area contributed by atoms with E-state index in [0.717, 1.165) is 12.1 Å². The smallest absolute Gasteiger partial charge is 0.412 e. The zero-order valence-electron chi connectivity index (χ0n) is 16.5. The lowest BCUT2D eigenvalue weighted by molar-refractivity contribution is -0.111. The highest BCUT2D eigenvalue weighted by Gasteiger charge is 2.17. The van der Waals surface area contributed by atoms with E-state index in [1.807, 2.05) is 0 Å². The Morgan fingerprint density at radius 2 is 1.77 bits per heavy atom. The van der Waals surface area contributed by atoms with Gasteiger partial charge in [-0.2, -0.15) is 8.78 Å². The number of hydrogen-bond donors (Lipinski definition) is 2. The lowest BCUT2D eigenvalue weighted by atomic mass is 10.2. The number of carbonyl (C=O) groups is 2. The minimum Gasteiger partial charge on any atom is -0.444 e. The normalized spacial score (nSPS) is 11.4. The van der Waals surface area contributed by atoms with Crippen molar-refractivity contribution in [3.63, 3.8) is 0 Å². The number of para-hydroxylation sites is 1. The molecule has 2 N–H and O–H groups in total. The number of alkyl halides is 2. The number of amides is 2. The maximum Gasteiger partial charge on any atom is 0.412 e. The highest BCUT2D eigenvalue weighted by Crippen LogP contribution is 2.23. The Morgan fingerprint density at radius 3 is 2.43 bits per heavy atom. The molecule has 0 heterocycles. The number of anilines is 2. The van der Waals surface area contributed by atoms with Gasteiger partial charge in [-0.3, -0.25) is 10.1 Å². The third-order valence-corrected chi connectivity index (χ3v) is 3.42. The first kappa shape index (κ1) is 22.8. The monoisotopic (exact) mass is 422 g/mol. The van der Waals surface area contributed by atoms with Gasteiger partial charge in [-0.1, -0.05) is 18.2 Å². The molecule has 2 amide bonds. The van der Waals surface area contributed by atoms with E-state index in [2.05, 4.69) is 15.4 Å². The van der Waals surface area contributed by atoms with Crippen molar-refractivity contribution in [3.05, 3.63) is 59.9 Å². The fourth-order valence-electron chi connectivity index (χ4n) is 2.28. The van der Waals surface area contributed by atoms with Crippen LogP contribution < -0.4 is 15.4 Å². The van der Waals surface area contributed by atoms with E-state index >= 15 is 0 Å². The Balaban J connectivity index is 2.08. The summed E-state index contributed by atoms with van der Waals surface area (Å²) in [6.45, 7) is 2.07. The van der Waals surface area contributed by atoms with Gasteiger partial charge in [0.2, 0.25) is 5.91 Å². The average molecular weight is 422 g/mol. The zero-order chi connectivity index (χ0) is 22.3. The average Bonchev–Trinajstić information content (AvgIpc) is 2.61. The van der Waals surface area contributed by atoms with E-state index in [-0.39, 0.29) is 22.7 Å². The molecule has 0 aromatic heterocycles. The Morgan fingerprint density at radius 1 is 1.07 bits per heavy atom. The molecule has 2 aromatic carbocycles. The van der Waals surface area contributed by atoms with E-state index in [1.54, 1.807) is 26.8 Å². The van der Waals surface area contributed by atoms with E-state index in [9.17, 15) is 22.8 Å². The van der Waals surface area contributed by atoms with Gasteiger partial charge < -0.3 is 14.8 Å². The van der Waals surface area contributed by atoms with Crippen LogP contribution in [0.4, 0.5) is 29.3 Å². The first-order chi connectivity index (χ1) is 14.0. The second kappa shape index (κ2) is 9.82. The van der Waals surface area contributed by atoms with Crippen LogP contribution in [0.1, 0.15) is 26.3 Å². The van der Waals surface area contributed by atoms with Gasteiger partial charge in [-0.05, 0) is 51.1 Å². The largest absolute Gasteiger partial charge is 0.444 e. The molecule has 9 heteroatoms. The van der Waals surface area contributed by atoms with Gasteiger partial charge in [0.05, 0.1) is 5.69 Å². The van der Waals surface area contributed by atoms with Gasteiger partial charge in [-0.25, -0.2) is 9.18 Å². The molecule has 0 unspecified atom stereocenters. The summed E-state index contributed by atoms with van der Waals surface area (Å²) in [4.78, 5) is 24.0. The molecule has 0 bridgehead atoms. The number of ether oxygens (including phenoxy) is 2. The Labute approximate surface area is 171 Å². The van der Waals surface area contributed by atoms with Crippen LogP contribution >= 0.6 is 0 Å². The molecule has 0 fully saturated rings. The predicted octanol–water partition coefficient (Wildman–Crippen LogP) is 5.43. The van der Waals surface area contributed by atoms with Gasteiger partial charge in [0, 0.05) is 17.3 Å². The van der Waals surface area contributed by atoms with Gasteiger partial charge >= 0.3 is 12.7 Å². The standard InChI is InChI=1S/C21H21F3N2O4/c1-21(2,3)30-20(28)25-14-9-10-15(22)16(12-14)26-18(27)11-8-13-6-4-5-7-17(13)29-19(23)24/h4-12,19H,1-3H3,(H,25,28)(H,26,27)/b11-8+. The lowest BCUT2D eigenvalue weighted by Crippen LogP contribution is -2.27. The van der Waals surface area contributed by atoms with Gasteiger partial charge in [-0.15, -0.1) is 0 Å². The molecule has 0 spiro atoms. The molecule has 0 radical (unpaired) electrons. The van der Waals surface area contributed by atoms with Crippen LogP contribution in [0.15, 0.2) is 48.5 Å². The summed E-state index contributed by atoms with van der Waals surface area (Å²) in [5.41, 5.74) is -0.444. The molecule has 0 aliphatic rings. The molecule has 0 saturated carbocycles. The molecule has 0 saturated heterocycles. The van der Waals surface area contributed by atoms with Gasteiger partial charge in [0.25, 0.3) is 0 Å². The SMILES string of the molecule is CC(C)(C)OC(=O)Nc1ccc(F)c(NC(=O)/C=C/c2ccccc2OC(F)F)c1. The van der Waals surface area contributed by atoms with Crippen molar-refractivity contribution in [2.75, 3.05) is 10.6 Å². The van der Waals surface area contributed by atoms with Crippen molar-refractivity contribution in [1.82, 2.24) is 0 Å². The van der Waals surface area contributed by atoms with Crippen LogP contribution in [0.2, 0.25) is 0 Å². The fraction of sp³-hybridized carbons (Fsp3) is 0.238. The van der Waals surface area contributed by atoms with Crippen LogP contribution in [-0.4, -0.2) is 24.2 Å². The first-order valence-corrected chi connectivity index (χ1v) is 8.86. The molecule has 2 aromatic rings. The molecule has 30 heavy (non-hydrogen) atoms. The van der Waals surface area contributed by atoms with Crippen LogP contribution in [0.3, 0.4) is 0 Å². The Kier molecular flexibility index (Phi) is 7.46. The third-order valence-electron chi connectivity index (χ3n) is 3.42. The minimum absolute atomic E-state index is 0.105. The summed E-state index contributed by atoms with van der Waals surface area (Å²) in [6, 6.07) is 9.50. The van der Waals surface area contributed by atoms with Crippen LogP contribution in [0.5, 0.6) is 5.75 Å². The van der Waals surface area contributed by atoms with Crippen LogP contribution in [0.25, 0.3) is 6.08 Å². The second-order valence-electron chi connectivity index (χ2n) is 7.06. The van der Waals surface area contributed by atoms with E-state index in [1.165, 1.54) is 36.4 Å². The van der Waals surface area contributed by atoms with Gasteiger partial charge in [0.1, 0.15) is 17.2 Å². The van der Waals surface area contributed by atoms with Crippen LogP contribution in [-0.2, 0) is 9.53 Å². The van der Waals surface area contributed by atoms with Crippen molar-refractivity contribution in [3.8, 4) is 5.75 Å². The number of rotatable bonds is 6. The van der Waals surface area contributed by atoms with E-state index < -0.39 is 30.0 Å². The zero-order valence-corrected chi connectivity index (χ0v) is 16.5. The topological polar surface area (TPSA) is 76.7 Å². The van der Waals surface area contributed by atoms with Crippen LogP contribution in [0, 0.1) is 5.82 Å². The molecular formula is C21H21F3N2O4. The molecule has 0 atom stereocenters. The highest BCUT2D eigenvalue weighted by atomic mass is 19.3. The Bertz CT molecular complexity index is 940. The minimum atomic E-state index is -3.01. The highest BCUT2D eigenvalue weighted by molar-refractivity contribution is 6.02. The Hall–Kier alpha value is -3.49. The van der Waals surface area contributed by atoms with Crippen molar-refractivity contribution in [1.29, 1.82) is 0 Å². The maximum absolute atomic E-state index is 14.0. The van der Waals surface area contributed by atoms with Crippen molar-refractivity contribution >= 4 is 29.5 Å². The molecular weight excluding hydrogens is 401 g/mol. The molecule has 2 rings (SSSR count). The lowest BCUT2D eigenvalue weighted by Gasteiger charge is -2.19. The predicted molar refractivity (Wildman–Crippen MR) is 107 cm³/mol. The summed E-state index contributed by atoms with van der Waals surface area (Å²) >= 11 is 0. The van der Waals surface area contributed by atoms with Gasteiger partial charge in [0.15, 0.2) is 0 Å². The summed E-state index contributed by atoms with van der Waals surface area (Å²) in [7, 11) is 0. The number of carbonyl (C=O) groups excluding carboxylic acids is 2. The first-order valence-electron chi connectivity index (χ1n) is 8.86. The number of hydrogen-bond acceptors (Lipinski definition) is 4.